The monoisotopic (exact) mass is 664 g/mol. The van der Waals surface area contributed by atoms with Crippen LogP contribution in [0.25, 0.3) is 4.85 Å². The maximum absolute atomic E-state index is 13.6. The van der Waals surface area contributed by atoms with E-state index in [-0.39, 0.29) is 34.9 Å². The molecule has 0 radical (unpaired) electrons. The summed E-state index contributed by atoms with van der Waals surface area (Å²) in [6.45, 7) is 19.7. The summed E-state index contributed by atoms with van der Waals surface area (Å²) in [7, 11) is 0. The number of nitrogens with zero attached hydrogens (tertiary/aromatic N) is 2. The van der Waals surface area contributed by atoms with E-state index in [1.54, 1.807) is 0 Å². The number of aryl methyl sites for hydroxylation is 1. The molecule has 10 heteroatoms. The number of ether oxygens (including phenoxy) is 3. The molecule has 2 saturated carbocycles. The Bertz CT molecular complexity index is 1430. The van der Waals surface area contributed by atoms with Gasteiger partial charge in [0, 0.05) is 16.5 Å². The van der Waals surface area contributed by atoms with Gasteiger partial charge in [0.25, 0.3) is 5.70 Å². The summed E-state index contributed by atoms with van der Waals surface area (Å²) in [5.41, 5.74) is 1.79. The van der Waals surface area contributed by atoms with Crippen LogP contribution in [0.3, 0.4) is 0 Å². The predicted molar refractivity (Wildman–Crippen MR) is 179 cm³/mol. The quantitative estimate of drug-likeness (QED) is 0.0606. The fourth-order valence-corrected chi connectivity index (χ4v) is 9.18. The number of carbonyl (C=O) groups excluding carboxylic acids is 3. The Hall–Kier alpha value is -3.21. The zero-order chi connectivity index (χ0) is 33.4. The van der Waals surface area contributed by atoms with Gasteiger partial charge in [-0.2, -0.15) is 0 Å². The molecule has 0 bridgehead atoms. The van der Waals surface area contributed by atoms with Gasteiger partial charge in [0.15, 0.2) is 0 Å². The van der Waals surface area contributed by atoms with Crippen molar-refractivity contribution >= 4 is 41.4 Å². The van der Waals surface area contributed by atoms with Crippen LogP contribution in [0.4, 0.5) is 0 Å². The van der Waals surface area contributed by atoms with E-state index in [1.165, 1.54) is 23.5 Å². The van der Waals surface area contributed by atoms with E-state index in [2.05, 4.69) is 38.3 Å². The lowest BCUT2D eigenvalue weighted by atomic mass is 9.69. The summed E-state index contributed by atoms with van der Waals surface area (Å²) < 4.78 is 17.3. The van der Waals surface area contributed by atoms with Gasteiger partial charge in [-0.05, 0) is 93.9 Å². The Labute approximate surface area is 281 Å². The van der Waals surface area contributed by atoms with Crippen LogP contribution in [0.5, 0.6) is 5.75 Å². The molecule has 0 N–H and O–H groups in total. The molecule has 1 aromatic rings. The van der Waals surface area contributed by atoms with Crippen molar-refractivity contribution in [3.63, 3.8) is 0 Å². The number of rotatable bonds is 10. The molecule has 2 fully saturated rings. The lowest BCUT2D eigenvalue weighted by Gasteiger charge is -2.37. The Morgan fingerprint density at radius 2 is 1.50 bits per heavy atom. The number of unbranched alkanes of at least 4 members (excludes halogenated alkanes) is 1. The summed E-state index contributed by atoms with van der Waals surface area (Å²) in [4.78, 5) is 42.5. The molecule has 0 spiro atoms. The second-order valence-corrected chi connectivity index (χ2v) is 15.7. The Balaban J connectivity index is 1.28. The van der Waals surface area contributed by atoms with Gasteiger partial charge >= 0.3 is 17.9 Å². The fourth-order valence-electron chi connectivity index (χ4n) is 6.61. The SMILES string of the molecule is [C-]#[N+]/C(C#N)=C1/Sc2c(C)cc(C(C)(C)C)c(OC(=O)C3CCC(C4CCC(C(=O)OCCCCOC(=O)C=C)CC4)CC3)c2S1. The highest BCUT2D eigenvalue weighted by atomic mass is 32.2. The first kappa shape index (κ1) is 35.6. The molecular formula is C36H44N2O6S2. The largest absolute Gasteiger partial charge is 0.465 e. The molecule has 0 atom stereocenters. The minimum absolute atomic E-state index is 0.0557. The molecule has 0 saturated heterocycles. The first-order valence-electron chi connectivity index (χ1n) is 16.2. The van der Waals surface area contributed by atoms with Gasteiger partial charge in [0.2, 0.25) is 0 Å². The van der Waals surface area contributed by atoms with Gasteiger partial charge in [-0.3, -0.25) is 9.59 Å². The van der Waals surface area contributed by atoms with Crippen molar-refractivity contribution in [1.82, 2.24) is 0 Å². The number of hydrogen-bond acceptors (Lipinski definition) is 9. The van der Waals surface area contributed by atoms with E-state index in [1.807, 2.05) is 13.0 Å². The third-order valence-electron chi connectivity index (χ3n) is 9.26. The van der Waals surface area contributed by atoms with Gasteiger partial charge in [0.1, 0.15) is 5.75 Å². The van der Waals surface area contributed by atoms with Crippen molar-refractivity contribution in [2.45, 2.75) is 107 Å². The highest BCUT2D eigenvalue weighted by Gasteiger charge is 2.37. The standard InChI is InChI=1S/C36H44N2O6S2/c1-7-29(39)42-18-8-9-19-43-33(40)25-14-10-23(11-15-25)24-12-16-26(17-13-24)34(41)44-30-27(36(3,4)5)20-22(2)31-32(30)46-35(45-31)28(21-37)38-6/h7,20,23-26H,1,8-19H2,2-5H3/b35-28-. The van der Waals surface area contributed by atoms with Crippen LogP contribution in [-0.4, -0.2) is 31.1 Å². The third kappa shape index (κ3) is 8.77. The topological polar surface area (TPSA) is 107 Å². The first-order chi connectivity index (χ1) is 22.0. The molecule has 0 amide bonds. The number of carbonyl (C=O) groups is 3. The van der Waals surface area contributed by atoms with Crippen LogP contribution >= 0.6 is 23.5 Å². The molecule has 2 aliphatic carbocycles. The summed E-state index contributed by atoms with van der Waals surface area (Å²) in [5.74, 6) is 0.685. The molecule has 1 aromatic carbocycles. The van der Waals surface area contributed by atoms with Gasteiger partial charge in [-0.15, -0.1) is 0 Å². The fraction of sp³-hybridized carbons (Fsp3) is 0.583. The van der Waals surface area contributed by atoms with Crippen LogP contribution in [-0.2, 0) is 29.3 Å². The molecule has 1 aliphatic heterocycles. The van der Waals surface area contributed by atoms with Crippen LogP contribution in [0.2, 0.25) is 0 Å². The maximum Gasteiger partial charge on any atom is 0.330 e. The van der Waals surface area contributed by atoms with Crippen LogP contribution in [0.1, 0.15) is 96.1 Å². The smallest absolute Gasteiger partial charge is 0.330 e. The lowest BCUT2D eigenvalue weighted by Crippen LogP contribution is -2.32. The number of fused-ring (bicyclic) bond motifs is 1. The zero-order valence-corrected chi connectivity index (χ0v) is 28.9. The zero-order valence-electron chi connectivity index (χ0n) is 27.3. The second kappa shape index (κ2) is 16.1. The summed E-state index contributed by atoms with van der Waals surface area (Å²) in [5, 5.41) is 9.46. The van der Waals surface area contributed by atoms with E-state index in [0.717, 1.165) is 78.4 Å². The Kier molecular flexibility index (Phi) is 12.4. The van der Waals surface area contributed by atoms with E-state index < -0.39 is 5.97 Å². The highest BCUT2D eigenvalue weighted by Crippen LogP contribution is 2.59. The maximum atomic E-state index is 13.6. The second-order valence-electron chi connectivity index (χ2n) is 13.4. The van der Waals surface area contributed by atoms with Gasteiger partial charge in [0.05, 0.1) is 46.8 Å². The number of allylic oxidation sites excluding steroid dienone is 1. The molecule has 4 rings (SSSR count). The van der Waals surface area contributed by atoms with Crippen molar-refractivity contribution < 1.29 is 28.6 Å². The Morgan fingerprint density at radius 3 is 2.02 bits per heavy atom. The lowest BCUT2D eigenvalue weighted by molar-refractivity contribution is -0.151. The summed E-state index contributed by atoms with van der Waals surface area (Å²) in [6, 6.07) is 4.08. The molecule has 246 valence electrons. The molecule has 0 aromatic heterocycles. The normalized spacial score (nSPS) is 23.7. The van der Waals surface area contributed by atoms with Gasteiger partial charge in [-0.25, -0.2) is 14.9 Å². The molecule has 46 heavy (non-hydrogen) atoms. The first-order valence-corrected chi connectivity index (χ1v) is 17.8. The minimum atomic E-state index is -0.442. The van der Waals surface area contributed by atoms with Crippen molar-refractivity contribution in [3.8, 4) is 11.8 Å². The number of hydrogen-bond donors (Lipinski definition) is 0. The number of benzene rings is 1. The van der Waals surface area contributed by atoms with Crippen LogP contribution < -0.4 is 4.74 Å². The highest BCUT2D eigenvalue weighted by molar-refractivity contribution is 8.24. The molecule has 1 heterocycles. The van der Waals surface area contributed by atoms with Crippen molar-refractivity contribution in [2.75, 3.05) is 13.2 Å². The number of thioether (sulfide) groups is 2. The van der Waals surface area contributed by atoms with E-state index in [9.17, 15) is 19.6 Å². The minimum Gasteiger partial charge on any atom is -0.465 e. The van der Waals surface area contributed by atoms with Crippen LogP contribution in [0, 0.1) is 48.5 Å². The summed E-state index contributed by atoms with van der Waals surface area (Å²) >= 11 is 2.77. The van der Waals surface area contributed by atoms with Crippen molar-refractivity contribution in [1.29, 1.82) is 5.26 Å². The molecule has 3 aliphatic rings. The summed E-state index contributed by atoms with van der Waals surface area (Å²) in [6.07, 6.45) is 9.63. The van der Waals surface area contributed by atoms with Gasteiger partial charge < -0.3 is 14.2 Å². The number of nitriles is 1. The molecule has 8 nitrogen and oxygen atoms in total. The number of esters is 3. The Morgan fingerprint density at radius 1 is 0.957 bits per heavy atom. The van der Waals surface area contributed by atoms with Crippen LogP contribution in [0.15, 0.2) is 38.4 Å². The van der Waals surface area contributed by atoms with E-state index >= 15 is 0 Å². The van der Waals surface area contributed by atoms with E-state index in [4.69, 9.17) is 20.8 Å². The van der Waals surface area contributed by atoms with E-state index in [0.29, 0.717) is 47.9 Å². The average molecular weight is 665 g/mol. The van der Waals surface area contributed by atoms with Crippen molar-refractivity contribution in [2.24, 2.45) is 23.7 Å². The molecular weight excluding hydrogens is 621 g/mol. The average Bonchev–Trinajstić information content (AvgIpc) is 3.50. The van der Waals surface area contributed by atoms with Gasteiger partial charge in [-0.1, -0.05) is 56.9 Å². The third-order valence-corrected chi connectivity index (χ3v) is 12.0. The van der Waals surface area contributed by atoms with Crippen molar-refractivity contribution in [3.05, 3.63) is 51.2 Å². The molecule has 0 unspecified atom stereocenters. The predicted octanol–water partition coefficient (Wildman–Crippen LogP) is 8.67.